The highest BCUT2D eigenvalue weighted by molar-refractivity contribution is 6.29. The second kappa shape index (κ2) is 19.8. The van der Waals surface area contributed by atoms with E-state index in [0.717, 1.165) is 59.9 Å². The van der Waals surface area contributed by atoms with Crippen LogP contribution < -0.4 is 30.3 Å². The van der Waals surface area contributed by atoms with Crippen molar-refractivity contribution in [1.29, 1.82) is 0 Å². The Morgan fingerprint density at radius 3 is 1.64 bits per heavy atom. The third-order valence-corrected chi connectivity index (χ3v) is 9.34. The molecule has 1 aliphatic rings. The zero-order valence-electron chi connectivity index (χ0n) is 33.5. The second-order valence-electron chi connectivity index (χ2n) is 13.2. The number of ether oxygens (including phenoxy) is 2. The first kappa shape index (κ1) is 43.5. The average Bonchev–Trinajstić information content (AvgIpc) is 3.97. The number of hydrogen-bond donors (Lipinski definition) is 4. The Kier molecular flexibility index (Phi) is 14.1. The summed E-state index contributed by atoms with van der Waals surface area (Å²) < 4.78 is 14.1. The fraction of sp³-hybridized carbons (Fsp3) is 0.256. The molecular formula is C39H40Cl2N14O6. The molecule has 2 aromatic carbocycles. The first-order valence-electron chi connectivity index (χ1n) is 18.5. The van der Waals surface area contributed by atoms with Gasteiger partial charge in [-0.2, -0.15) is 10.2 Å². The van der Waals surface area contributed by atoms with Crippen LogP contribution in [0.2, 0.25) is 10.3 Å². The SMILES string of the molecule is CCN[C@@H]1CCN(c2cnc(C(=O)Nc3cc4cn(C)nc4cc3OC)cn2)C1.COc1cc2nn(C)cc2cc1NC(=O)c1cnc(Cl)cn1.O=C(O)c1cnc(Cl)cn1. The molecule has 0 aliphatic carbocycles. The number of amides is 2. The average molecular weight is 872 g/mol. The molecule has 0 saturated carbocycles. The van der Waals surface area contributed by atoms with Gasteiger partial charge < -0.3 is 35.4 Å². The molecule has 1 aliphatic heterocycles. The van der Waals surface area contributed by atoms with Gasteiger partial charge in [-0.05, 0) is 25.1 Å². The van der Waals surface area contributed by atoms with Crippen molar-refractivity contribution in [2.75, 3.05) is 49.4 Å². The van der Waals surface area contributed by atoms with Gasteiger partial charge in [0, 0.05) is 68.5 Å². The topological polar surface area (TPSA) is 242 Å². The molecular weight excluding hydrogens is 831 g/mol. The highest BCUT2D eigenvalue weighted by atomic mass is 35.5. The Morgan fingerprint density at radius 2 is 1.21 bits per heavy atom. The number of benzene rings is 2. The van der Waals surface area contributed by atoms with Crippen molar-refractivity contribution in [3.05, 3.63) is 101 Å². The number of carboxylic acid groups (broad SMARTS) is 1. The Labute approximate surface area is 358 Å². The van der Waals surface area contributed by atoms with Gasteiger partial charge in [0.2, 0.25) is 0 Å². The van der Waals surface area contributed by atoms with Crippen LogP contribution >= 0.6 is 23.2 Å². The molecule has 22 heteroatoms. The third kappa shape index (κ3) is 11.2. The highest BCUT2D eigenvalue weighted by Crippen LogP contribution is 2.31. The lowest BCUT2D eigenvalue weighted by Gasteiger charge is -2.17. The van der Waals surface area contributed by atoms with Crippen molar-refractivity contribution in [2.45, 2.75) is 19.4 Å². The Hall–Kier alpha value is -7.03. The summed E-state index contributed by atoms with van der Waals surface area (Å²) in [7, 11) is 6.77. The molecule has 1 fully saturated rings. The Bertz CT molecular complexity index is 2640. The maximum absolute atomic E-state index is 12.7. The van der Waals surface area contributed by atoms with Gasteiger partial charge >= 0.3 is 5.97 Å². The lowest BCUT2D eigenvalue weighted by molar-refractivity contribution is 0.0689. The monoisotopic (exact) mass is 870 g/mol. The summed E-state index contributed by atoms with van der Waals surface area (Å²) in [5.41, 5.74) is 2.99. The van der Waals surface area contributed by atoms with Gasteiger partial charge in [-0.1, -0.05) is 30.1 Å². The van der Waals surface area contributed by atoms with Crippen LogP contribution in [-0.2, 0) is 14.1 Å². The molecule has 61 heavy (non-hydrogen) atoms. The number of fused-ring (bicyclic) bond motifs is 2. The number of nitrogens with zero attached hydrogens (tertiary/aromatic N) is 11. The number of aryl methyl sites for hydroxylation is 2. The minimum atomic E-state index is -1.11. The number of anilines is 3. The highest BCUT2D eigenvalue weighted by Gasteiger charge is 2.23. The number of halogens is 2. The van der Waals surface area contributed by atoms with E-state index in [0.29, 0.717) is 28.9 Å². The largest absolute Gasteiger partial charge is 0.494 e. The molecule has 1 saturated heterocycles. The number of aromatic nitrogens is 10. The summed E-state index contributed by atoms with van der Waals surface area (Å²) in [6.45, 7) is 4.89. The van der Waals surface area contributed by atoms with Crippen LogP contribution in [0.15, 0.2) is 73.8 Å². The van der Waals surface area contributed by atoms with Crippen LogP contribution in [0.3, 0.4) is 0 Å². The molecule has 4 N–H and O–H groups in total. The molecule has 0 unspecified atom stereocenters. The fourth-order valence-electron chi connectivity index (χ4n) is 6.14. The van der Waals surface area contributed by atoms with E-state index in [4.69, 9.17) is 37.8 Å². The summed E-state index contributed by atoms with van der Waals surface area (Å²) in [6, 6.07) is 7.67. The minimum Gasteiger partial charge on any atom is -0.494 e. The van der Waals surface area contributed by atoms with Crippen LogP contribution in [0, 0.1) is 0 Å². The van der Waals surface area contributed by atoms with Crippen molar-refractivity contribution >= 4 is 80.0 Å². The molecule has 2 amide bonds. The number of aromatic carboxylic acids is 1. The first-order chi connectivity index (χ1) is 29.3. The van der Waals surface area contributed by atoms with Crippen LogP contribution in [-0.4, -0.2) is 112 Å². The predicted molar refractivity (Wildman–Crippen MR) is 228 cm³/mol. The third-order valence-electron chi connectivity index (χ3n) is 8.95. The van der Waals surface area contributed by atoms with Gasteiger partial charge in [0.1, 0.15) is 39.0 Å². The molecule has 0 bridgehead atoms. The van der Waals surface area contributed by atoms with E-state index < -0.39 is 11.9 Å². The number of nitrogens with one attached hydrogen (secondary N) is 3. The standard InChI is InChI=1S/C20H25N7O2.C14H12ClN5O2.C5H3ClN2O2/c1-4-21-14-5-6-27(12-14)19-10-22-17(9-23-19)20(28)24-16-7-13-11-26(2)25-15(13)8-18(16)29-3;1-20-7-8-3-10(12(22-2)4-9(8)19-20)18-14(21)11-5-17-13(15)6-16-11;6-4-2-7-3(1-8-4)5(9)10/h7-11,14,21H,4-6,12H2,1-3H3,(H,24,28);3-7H,1-2H3,(H,18,21);1-2H,(H,9,10)/t14-;;/m1../s1. The van der Waals surface area contributed by atoms with Crippen molar-refractivity contribution in [1.82, 2.24) is 54.8 Å². The van der Waals surface area contributed by atoms with Gasteiger partial charge in [0.15, 0.2) is 5.69 Å². The van der Waals surface area contributed by atoms with Gasteiger partial charge in [-0.15, -0.1) is 0 Å². The minimum absolute atomic E-state index is 0.107. The molecule has 7 aromatic rings. The van der Waals surface area contributed by atoms with Crippen LogP contribution in [0.1, 0.15) is 44.8 Å². The maximum Gasteiger partial charge on any atom is 0.356 e. The zero-order valence-corrected chi connectivity index (χ0v) is 35.0. The van der Waals surface area contributed by atoms with E-state index in [-0.39, 0.29) is 33.3 Å². The normalized spacial score (nSPS) is 13.2. The van der Waals surface area contributed by atoms with E-state index in [1.54, 1.807) is 40.9 Å². The van der Waals surface area contributed by atoms with Crippen molar-refractivity contribution in [3.63, 3.8) is 0 Å². The van der Waals surface area contributed by atoms with Gasteiger partial charge in [0.25, 0.3) is 11.8 Å². The predicted octanol–water partition coefficient (Wildman–Crippen LogP) is 4.92. The number of likely N-dealkylation sites (N-methyl/N-ethyl adjacent to an activating group) is 1. The molecule has 1 atom stereocenters. The molecule has 5 aromatic heterocycles. The smallest absolute Gasteiger partial charge is 0.356 e. The number of carbonyl (C=O) groups is 3. The lowest BCUT2D eigenvalue weighted by atomic mass is 10.2. The van der Waals surface area contributed by atoms with Crippen LogP contribution in [0.4, 0.5) is 17.2 Å². The van der Waals surface area contributed by atoms with E-state index in [1.807, 2.05) is 32.6 Å². The number of hydrogen-bond acceptors (Lipinski definition) is 15. The lowest BCUT2D eigenvalue weighted by Crippen LogP contribution is -2.32. The zero-order chi connectivity index (χ0) is 43.6. The second-order valence-corrected chi connectivity index (χ2v) is 14.0. The maximum atomic E-state index is 12.7. The number of carboxylic acids is 1. The molecule has 0 spiro atoms. The first-order valence-corrected chi connectivity index (χ1v) is 19.2. The number of rotatable bonds is 10. The van der Waals surface area contributed by atoms with Gasteiger partial charge in [-0.25, -0.2) is 34.7 Å². The fourth-order valence-corrected chi connectivity index (χ4v) is 6.33. The van der Waals surface area contributed by atoms with Crippen molar-refractivity contribution in [2.24, 2.45) is 14.1 Å². The van der Waals surface area contributed by atoms with Crippen LogP contribution in [0.5, 0.6) is 11.5 Å². The quantitative estimate of drug-likeness (QED) is 0.143. The van der Waals surface area contributed by atoms with E-state index in [1.165, 1.54) is 31.9 Å². The van der Waals surface area contributed by atoms with E-state index in [9.17, 15) is 14.4 Å². The Morgan fingerprint density at radius 1 is 0.721 bits per heavy atom. The van der Waals surface area contributed by atoms with Crippen molar-refractivity contribution in [3.8, 4) is 11.5 Å². The van der Waals surface area contributed by atoms with Gasteiger partial charge in [0.05, 0.1) is 73.8 Å². The molecule has 0 radical (unpaired) electrons. The van der Waals surface area contributed by atoms with E-state index in [2.05, 4.69) is 67.9 Å². The summed E-state index contributed by atoms with van der Waals surface area (Å²) in [4.78, 5) is 60.8. The van der Waals surface area contributed by atoms with E-state index >= 15 is 0 Å². The summed E-state index contributed by atoms with van der Waals surface area (Å²) >= 11 is 11.0. The van der Waals surface area contributed by atoms with Gasteiger partial charge in [-0.3, -0.25) is 19.0 Å². The summed E-state index contributed by atoms with van der Waals surface area (Å²) in [6.07, 6.45) is 12.9. The summed E-state index contributed by atoms with van der Waals surface area (Å²) in [5, 5.41) is 28.3. The molecule has 20 nitrogen and oxygen atoms in total. The number of methoxy groups -OCH3 is 2. The van der Waals surface area contributed by atoms with Crippen LogP contribution in [0.25, 0.3) is 21.8 Å². The molecule has 8 rings (SSSR count). The van der Waals surface area contributed by atoms with Crippen molar-refractivity contribution < 1.29 is 29.0 Å². The summed E-state index contributed by atoms with van der Waals surface area (Å²) in [5.74, 6) is 0.00543. The number of carbonyl (C=O) groups excluding carboxylic acids is 2. The Balaban J connectivity index is 0.000000171. The molecule has 6 heterocycles. The molecule has 316 valence electrons.